The van der Waals surface area contributed by atoms with Crippen molar-refractivity contribution in [3.63, 3.8) is 0 Å². The van der Waals surface area contributed by atoms with Gasteiger partial charge in [0.15, 0.2) is 11.5 Å². The highest BCUT2D eigenvalue weighted by Gasteiger charge is 2.11. The SMILES string of the molecule is COc1cccc(CNC(C)C)c1OCc1cccnc1. The van der Waals surface area contributed by atoms with E-state index < -0.39 is 0 Å². The smallest absolute Gasteiger partial charge is 0.166 e. The minimum atomic E-state index is 0.419. The average Bonchev–Trinajstić information content (AvgIpc) is 2.52. The molecule has 0 amide bonds. The molecular formula is C17H22N2O2. The van der Waals surface area contributed by atoms with Gasteiger partial charge in [-0.3, -0.25) is 4.98 Å². The summed E-state index contributed by atoms with van der Waals surface area (Å²) in [5.74, 6) is 1.54. The fourth-order valence-electron chi connectivity index (χ4n) is 1.98. The van der Waals surface area contributed by atoms with Crippen LogP contribution in [0.1, 0.15) is 25.0 Å². The average molecular weight is 286 g/mol. The van der Waals surface area contributed by atoms with Crippen LogP contribution in [0.5, 0.6) is 11.5 Å². The van der Waals surface area contributed by atoms with E-state index in [2.05, 4.69) is 30.2 Å². The molecule has 0 radical (unpaired) electrons. The minimum absolute atomic E-state index is 0.419. The van der Waals surface area contributed by atoms with Gasteiger partial charge in [-0.1, -0.05) is 32.0 Å². The Morgan fingerprint density at radius 2 is 2.05 bits per heavy atom. The van der Waals surface area contributed by atoms with Crippen LogP contribution in [0.4, 0.5) is 0 Å². The molecule has 1 aromatic carbocycles. The lowest BCUT2D eigenvalue weighted by Crippen LogP contribution is -2.22. The maximum atomic E-state index is 5.97. The zero-order valence-electron chi connectivity index (χ0n) is 12.8. The van der Waals surface area contributed by atoms with Gasteiger partial charge < -0.3 is 14.8 Å². The molecule has 0 aliphatic heterocycles. The van der Waals surface area contributed by atoms with E-state index in [-0.39, 0.29) is 0 Å². The van der Waals surface area contributed by atoms with Crippen LogP contribution in [0.3, 0.4) is 0 Å². The van der Waals surface area contributed by atoms with Gasteiger partial charge in [0, 0.05) is 36.1 Å². The maximum Gasteiger partial charge on any atom is 0.166 e. The summed E-state index contributed by atoms with van der Waals surface area (Å²) < 4.78 is 11.4. The molecule has 4 nitrogen and oxygen atoms in total. The second-order valence-electron chi connectivity index (χ2n) is 5.13. The largest absolute Gasteiger partial charge is 0.493 e. The summed E-state index contributed by atoms with van der Waals surface area (Å²) in [6.45, 7) is 5.47. The Hall–Kier alpha value is -2.07. The summed E-state index contributed by atoms with van der Waals surface area (Å²) in [7, 11) is 1.66. The summed E-state index contributed by atoms with van der Waals surface area (Å²) in [5, 5.41) is 3.40. The molecule has 4 heteroatoms. The van der Waals surface area contributed by atoms with Crippen LogP contribution in [0.25, 0.3) is 0 Å². The number of pyridine rings is 1. The molecule has 112 valence electrons. The van der Waals surface area contributed by atoms with Crippen LogP contribution < -0.4 is 14.8 Å². The van der Waals surface area contributed by atoms with Gasteiger partial charge >= 0.3 is 0 Å². The number of hydrogen-bond acceptors (Lipinski definition) is 4. The van der Waals surface area contributed by atoms with Crippen molar-refractivity contribution < 1.29 is 9.47 Å². The molecule has 0 spiro atoms. The molecule has 0 aliphatic rings. The molecule has 1 N–H and O–H groups in total. The second-order valence-corrected chi connectivity index (χ2v) is 5.13. The van der Waals surface area contributed by atoms with Crippen LogP contribution in [0, 0.1) is 0 Å². The molecule has 21 heavy (non-hydrogen) atoms. The predicted octanol–water partition coefficient (Wildman–Crippen LogP) is 3.17. The Kier molecular flexibility index (Phi) is 5.58. The van der Waals surface area contributed by atoms with Gasteiger partial charge in [0.1, 0.15) is 6.61 Å². The molecule has 2 rings (SSSR count). The lowest BCUT2D eigenvalue weighted by Gasteiger charge is -2.16. The van der Waals surface area contributed by atoms with Crippen molar-refractivity contribution in [1.82, 2.24) is 10.3 Å². The van der Waals surface area contributed by atoms with E-state index >= 15 is 0 Å². The molecule has 0 unspecified atom stereocenters. The van der Waals surface area contributed by atoms with Gasteiger partial charge in [-0.05, 0) is 12.1 Å². The summed E-state index contributed by atoms with van der Waals surface area (Å²) >= 11 is 0. The number of ether oxygens (including phenoxy) is 2. The zero-order valence-corrected chi connectivity index (χ0v) is 12.8. The van der Waals surface area contributed by atoms with Crippen molar-refractivity contribution in [1.29, 1.82) is 0 Å². The quantitative estimate of drug-likeness (QED) is 0.849. The molecule has 2 aromatic rings. The highest BCUT2D eigenvalue weighted by Crippen LogP contribution is 2.31. The Labute approximate surface area is 126 Å². The van der Waals surface area contributed by atoms with Crippen molar-refractivity contribution in [3.05, 3.63) is 53.9 Å². The third-order valence-electron chi connectivity index (χ3n) is 3.09. The van der Waals surface area contributed by atoms with E-state index in [0.29, 0.717) is 12.6 Å². The van der Waals surface area contributed by atoms with Crippen molar-refractivity contribution >= 4 is 0 Å². The second kappa shape index (κ2) is 7.64. The normalized spacial score (nSPS) is 10.7. The fraction of sp³-hybridized carbons (Fsp3) is 0.353. The van der Waals surface area contributed by atoms with Crippen molar-refractivity contribution in [2.45, 2.75) is 33.0 Å². The predicted molar refractivity (Wildman–Crippen MR) is 83.5 cm³/mol. The number of para-hydroxylation sites is 1. The standard InChI is InChI=1S/C17H22N2O2/c1-13(2)19-11-15-7-4-8-16(20-3)17(15)21-12-14-6-5-9-18-10-14/h4-10,13,19H,11-12H2,1-3H3. The number of hydrogen-bond donors (Lipinski definition) is 1. The lowest BCUT2D eigenvalue weighted by atomic mass is 10.1. The van der Waals surface area contributed by atoms with Gasteiger partial charge in [0.2, 0.25) is 0 Å². The lowest BCUT2D eigenvalue weighted by molar-refractivity contribution is 0.280. The number of rotatable bonds is 7. The number of methoxy groups -OCH3 is 1. The van der Waals surface area contributed by atoms with Gasteiger partial charge in [-0.25, -0.2) is 0 Å². The molecule has 1 heterocycles. The Balaban J connectivity index is 2.14. The van der Waals surface area contributed by atoms with Gasteiger partial charge in [-0.2, -0.15) is 0 Å². The summed E-state index contributed by atoms with van der Waals surface area (Å²) in [5.41, 5.74) is 2.12. The molecule has 0 atom stereocenters. The van der Waals surface area contributed by atoms with Gasteiger partial charge in [0.25, 0.3) is 0 Å². The third kappa shape index (κ3) is 4.46. The van der Waals surface area contributed by atoms with Crippen molar-refractivity contribution in [2.24, 2.45) is 0 Å². The molecule has 0 saturated heterocycles. The molecule has 0 fully saturated rings. The van der Waals surface area contributed by atoms with Gasteiger partial charge in [0.05, 0.1) is 7.11 Å². The summed E-state index contributed by atoms with van der Waals surface area (Å²) in [4.78, 5) is 4.10. The Morgan fingerprint density at radius 1 is 1.19 bits per heavy atom. The first-order chi connectivity index (χ1) is 10.2. The van der Waals surface area contributed by atoms with E-state index in [4.69, 9.17) is 9.47 Å². The topological polar surface area (TPSA) is 43.4 Å². The fourth-order valence-corrected chi connectivity index (χ4v) is 1.98. The van der Waals surface area contributed by atoms with E-state index in [9.17, 15) is 0 Å². The summed E-state index contributed by atoms with van der Waals surface area (Å²) in [6.07, 6.45) is 3.56. The Morgan fingerprint density at radius 3 is 2.71 bits per heavy atom. The first-order valence-corrected chi connectivity index (χ1v) is 7.11. The van der Waals surface area contributed by atoms with E-state index in [1.807, 2.05) is 30.5 Å². The van der Waals surface area contributed by atoms with Crippen molar-refractivity contribution in [3.8, 4) is 11.5 Å². The first kappa shape index (κ1) is 15.3. The van der Waals surface area contributed by atoms with Crippen LogP contribution in [0.15, 0.2) is 42.7 Å². The monoisotopic (exact) mass is 286 g/mol. The van der Waals surface area contributed by atoms with Gasteiger partial charge in [-0.15, -0.1) is 0 Å². The molecule has 1 aromatic heterocycles. The minimum Gasteiger partial charge on any atom is -0.493 e. The number of nitrogens with one attached hydrogen (secondary N) is 1. The van der Waals surface area contributed by atoms with Crippen LogP contribution in [0.2, 0.25) is 0 Å². The number of nitrogens with zero attached hydrogens (tertiary/aromatic N) is 1. The molecule has 0 aliphatic carbocycles. The third-order valence-corrected chi connectivity index (χ3v) is 3.09. The van der Waals surface area contributed by atoms with E-state index in [1.54, 1.807) is 13.3 Å². The first-order valence-electron chi connectivity index (χ1n) is 7.11. The Bertz CT molecular complexity index is 556. The van der Waals surface area contributed by atoms with Crippen LogP contribution in [-0.2, 0) is 13.2 Å². The zero-order chi connectivity index (χ0) is 15.1. The van der Waals surface area contributed by atoms with E-state index in [1.165, 1.54) is 0 Å². The maximum absolute atomic E-state index is 5.97. The highest BCUT2D eigenvalue weighted by atomic mass is 16.5. The molecule has 0 bridgehead atoms. The highest BCUT2D eigenvalue weighted by molar-refractivity contribution is 5.46. The summed E-state index contributed by atoms with van der Waals surface area (Å²) in [6, 6.07) is 10.3. The van der Waals surface area contributed by atoms with E-state index in [0.717, 1.165) is 29.2 Å². The van der Waals surface area contributed by atoms with Crippen molar-refractivity contribution in [2.75, 3.05) is 7.11 Å². The molecular weight excluding hydrogens is 264 g/mol. The number of aromatic nitrogens is 1. The van der Waals surface area contributed by atoms with Crippen LogP contribution >= 0.6 is 0 Å². The molecule has 0 saturated carbocycles. The van der Waals surface area contributed by atoms with Crippen LogP contribution in [-0.4, -0.2) is 18.1 Å². The number of benzene rings is 1.